The summed E-state index contributed by atoms with van der Waals surface area (Å²) in [6, 6.07) is 0. The normalized spacial score (nSPS) is 12.4. The van der Waals surface area contributed by atoms with Crippen LogP contribution in [0.15, 0.2) is 48.6 Å². The Balaban J connectivity index is 4.38. The van der Waals surface area contributed by atoms with Crippen LogP contribution in [-0.4, -0.2) is 37.2 Å². The SMILES string of the molecule is CCCCC/C=C\C=C/CCCCCCCCC(=O)OCC(COC(=O)CCC/C=C\CCCCCC)OC(=O)CCCCCCCCC/C=C\CCCCCC. The highest BCUT2D eigenvalue weighted by Crippen LogP contribution is 2.14. The van der Waals surface area contributed by atoms with Gasteiger partial charge in [-0.15, -0.1) is 0 Å². The zero-order chi connectivity index (χ0) is 41.5. The fourth-order valence-corrected chi connectivity index (χ4v) is 6.61. The number of unbranched alkanes of at least 4 members (excludes halogenated alkanes) is 25. The summed E-state index contributed by atoms with van der Waals surface area (Å²) in [7, 11) is 0. The Morgan fingerprint density at radius 2 is 0.649 bits per heavy atom. The summed E-state index contributed by atoms with van der Waals surface area (Å²) in [4.78, 5) is 37.8. The number of carbonyl (C=O) groups is 3. The van der Waals surface area contributed by atoms with E-state index in [1.54, 1.807) is 0 Å². The molecule has 0 bridgehead atoms. The van der Waals surface area contributed by atoms with Crippen LogP contribution >= 0.6 is 0 Å². The predicted molar refractivity (Wildman–Crippen MR) is 242 cm³/mol. The molecular formula is C51H90O6. The summed E-state index contributed by atoms with van der Waals surface area (Å²) in [6.45, 7) is 6.52. The second-order valence-corrected chi connectivity index (χ2v) is 16.0. The Morgan fingerprint density at radius 1 is 0.351 bits per heavy atom. The molecule has 0 radical (unpaired) electrons. The minimum atomic E-state index is -0.788. The molecule has 6 heteroatoms. The third-order valence-corrected chi connectivity index (χ3v) is 10.3. The molecule has 0 aromatic heterocycles. The summed E-state index contributed by atoms with van der Waals surface area (Å²) >= 11 is 0. The van der Waals surface area contributed by atoms with Crippen LogP contribution in [0.4, 0.5) is 0 Å². The lowest BCUT2D eigenvalue weighted by Crippen LogP contribution is -2.30. The molecule has 57 heavy (non-hydrogen) atoms. The molecule has 0 fully saturated rings. The lowest BCUT2D eigenvalue weighted by molar-refractivity contribution is -0.167. The van der Waals surface area contributed by atoms with Gasteiger partial charge in [0, 0.05) is 19.3 Å². The molecule has 0 aliphatic rings. The van der Waals surface area contributed by atoms with Gasteiger partial charge in [-0.2, -0.15) is 0 Å². The van der Waals surface area contributed by atoms with Crippen LogP contribution in [0.25, 0.3) is 0 Å². The molecule has 0 aliphatic heterocycles. The van der Waals surface area contributed by atoms with Gasteiger partial charge in [0.1, 0.15) is 13.2 Å². The number of hydrogen-bond acceptors (Lipinski definition) is 6. The smallest absolute Gasteiger partial charge is 0.306 e. The third kappa shape index (κ3) is 44.3. The first kappa shape index (κ1) is 54.4. The first-order valence-electron chi connectivity index (χ1n) is 24.2. The lowest BCUT2D eigenvalue weighted by Gasteiger charge is -2.18. The van der Waals surface area contributed by atoms with Crippen LogP contribution in [0.5, 0.6) is 0 Å². The molecule has 0 spiro atoms. The van der Waals surface area contributed by atoms with Crippen molar-refractivity contribution in [2.45, 2.75) is 245 Å². The second-order valence-electron chi connectivity index (χ2n) is 16.0. The number of allylic oxidation sites excluding steroid dienone is 8. The Morgan fingerprint density at radius 3 is 1.09 bits per heavy atom. The van der Waals surface area contributed by atoms with Gasteiger partial charge in [-0.05, 0) is 89.9 Å². The highest BCUT2D eigenvalue weighted by molar-refractivity contribution is 5.71. The molecule has 0 aliphatic carbocycles. The van der Waals surface area contributed by atoms with E-state index >= 15 is 0 Å². The number of esters is 3. The van der Waals surface area contributed by atoms with Gasteiger partial charge in [-0.3, -0.25) is 14.4 Å². The number of rotatable bonds is 43. The minimum absolute atomic E-state index is 0.0892. The van der Waals surface area contributed by atoms with Crippen molar-refractivity contribution in [1.29, 1.82) is 0 Å². The van der Waals surface area contributed by atoms with Crippen molar-refractivity contribution in [2.75, 3.05) is 13.2 Å². The molecule has 0 saturated carbocycles. The van der Waals surface area contributed by atoms with E-state index in [4.69, 9.17) is 14.2 Å². The van der Waals surface area contributed by atoms with E-state index in [2.05, 4.69) is 69.4 Å². The fourth-order valence-electron chi connectivity index (χ4n) is 6.61. The summed E-state index contributed by atoms with van der Waals surface area (Å²) in [5.41, 5.74) is 0. The van der Waals surface area contributed by atoms with Gasteiger partial charge in [0.25, 0.3) is 0 Å². The number of carbonyl (C=O) groups excluding carboxylic acids is 3. The summed E-state index contributed by atoms with van der Waals surface area (Å²) < 4.78 is 16.7. The fraction of sp³-hybridized carbons (Fsp3) is 0.784. The number of hydrogen-bond donors (Lipinski definition) is 0. The van der Waals surface area contributed by atoms with Gasteiger partial charge in [-0.25, -0.2) is 0 Å². The summed E-state index contributed by atoms with van der Waals surface area (Å²) in [5.74, 6) is -0.940. The molecule has 0 saturated heterocycles. The molecule has 0 aromatic carbocycles. The van der Waals surface area contributed by atoms with Crippen molar-refractivity contribution in [3.05, 3.63) is 48.6 Å². The largest absolute Gasteiger partial charge is 0.462 e. The van der Waals surface area contributed by atoms with Gasteiger partial charge in [-0.1, -0.05) is 179 Å². The molecule has 1 unspecified atom stereocenters. The molecule has 0 amide bonds. The van der Waals surface area contributed by atoms with E-state index in [9.17, 15) is 14.4 Å². The maximum absolute atomic E-state index is 12.7. The van der Waals surface area contributed by atoms with E-state index in [-0.39, 0.29) is 31.1 Å². The van der Waals surface area contributed by atoms with Crippen LogP contribution in [-0.2, 0) is 28.6 Å². The Hall–Kier alpha value is -2.63. The molecule has 0 rings (SSSR count). The third-order valence-electron chi connectivity index (χ3n) is 10.3. The Kier molecular flexibility index (Phi) is 43.9. The van der Waals surface area contributed by atoms with Gasteiger partial charge in [0.2, 0.25) is 0 Å². The maximum atomic E-state index is 12.7. The zero-order valence-electron chi connectivity index (χ0n) is 37.6. The van der Waals surface area contributed by atoms with Crippen molar-refractivity contribution in [2.24, 2.45) is 0 Å². The maximum Gasteiger partial charge on any atom is 0.306 e. The van der Waals surface area contributed by atoms with E-state index in [1.165, 1.54) is 135 Å². The average molecular weight is 799 g/mol. The molecule has 330 valence electrons. The van der Waals surface area contributed by atoms with E-state index in [0.717, 1.165) is 57.8 Å². The lowest BCUT2D eigenvalue weighted by atomic mass is 10.1. The van der Waals surface area contributed by atoms with Crippen molar-refractivity contribution in [3.63, 3.8) is 0 Å². The topological polar surface area (TPSA) is 78.9 Å². The molecule has 1 atom stereocenters. The standard InChI is InChI=1S/C51H90O6/c1-4-7-10-13-16-19-21-23-25-27-29-32-35-38-41-44-50(53)56-47-48(46-55-49(52)43-40-37-34-31-18-15-12-9-6-3)57-51(54)45-42-39-36-33-30-28-26-24-22-20-17-14-11-8-5-2/h16,19-23,31,34,48H,4-15,17-18,24-30,32-33,35-47H2,1-3H3/b19-16-,22-20-,23-21-,34-31-. The molecule has 0 aromatic rings. The zero-order valence-corrected chi connectivity index (χ0v) is 37.6. The van der Waals surface area contributed by atoms with Crippen molar-refractivity contribution in [1.82, 2.24) is 0 Å². The summed E-state index contributed by atoms with van der Waals surface area (Å²) in [5, 5.41) is 0. The van der Waals surface area contributed by atoms with Crippen LogP contribution < -0.4 is 0 Å². The van der Waals surface area contributed by atoms with Crippen LogP contribution in [0.3, 0.4) is 0 Å². The predicted octanol–water partition coefficient (Wildman–Crippen LogP) is 15.5. The van der Waals surface area contributed by atoms with Crippen molar-refractivity contribution in [3.8, 4) is 0 Å². The highest BCUT2D eigenvalue weighted by atomic mass is 16.6. The monoisotopic (exact) mass is 799 g/mol. The van der Waals surface area contributed by atoms with Crippen molar-refractivity contribution >= 4 is 17.9 Å². The Labute approximate surface area is 352 Å². The van der Waals surface area contributed by atoms with Gasteiger partial charge < -0.3 is 14.2 Å². The molecule has 6 nitrogen and oxygen atoms in total. The van der Waals surface area contributed by atoms with E-state index in [1.807, 2.05) is 0 Å². The van der Waals surface area contributed by atoms with Gasteiger partial charge in [0.05, 0.1) is 0 Å². The van der Waals surface area contributed by atoms with Crippen LogP contribution in [0, 0.1) is 0 Å². The Bertz CT molecular complexity index is 1010. The first-order chi connectivity index (χ1) is 28.0. The highest BCUT2D eigenvalue weighted by Gasteiger charge is 2.19. The van der Waals surface area contributed by atoms with Gasteiger partial charge >= 0.3 is 17.9 Å². The molecule has 0 N–H and O–H groups in total. The van der Waals surface area contributed by atoms with E-state index < -0.39 is 6.10 Å². The van der Waals surface area contributed by atoms with Crippen LogP contribution in [0.1, 0.15) is 239 Å². The van der Waals surface area contributed by atoms with Crippen molar-refractivity contribution < 1.29 is 28.6 Å². The number of ether oxygens (including phenoxy) is 3. The van der Waals surface area contributed by atoms with Gasteiger partial charge in [0.15, 0.2) is 6.10 Å². The minimum Gasteiger partial charge on any atom is -0.462 e. The second kappa shape index (κ2) is 46.1. The molecular weight excluding hydrogens is 709 g/mol. The van der Waals surface area contributed by atoms with E-state index in [0.29, 0.717) is 25.7 Å². The van der Waals surface area contributed by atoms with Crippen LogP contribution in [0.2, 0.25) is 0 Å². The summed E-state index contributed by atoms with van der Waals surface area (Å²) in [6.07, 6.45) is 53.8. The first-order valence-corrected chi connectivity index (χ1v) is 24.2. The molecule has 0 heterocycles. The quantitative estimate of drug-likeness (QED) is 0.0201. The average Bonchev–Trinajstić information content (AvgIpc) is 3.21.